The molecule has 1 heterocycles. The molecular weight excluding hydrogens is 328 g/mol. The van der Waals surface area contributed by atoms with Crippen molar-refractivity contribution in [3.63, 3.8) is 0 Å². The monoisotopic (exact) mass is 356 g/mol. The molecule has 0 aliphatic heterocycles. The van der Waals surface area contributed by atoms with Crippen molar-refractivity contribution in [3.8, 4) is 0 Å². The highest BCUT2D eigenvalue weighted by Gasteiger charge is 2.18. The van der Waals surface area contributed by atoms with Crippen molar-refractivity contribution in [3.05, 3.63) is 51.7 Å². The van der Waals surface area contributed by atoms with Crippen LogP contribution in [0.3, 0.4) is 0 Å². The second-order valence-corrected chi connectivity index (χ2v) is 7.26. The molecule has 0 saturated carbocycles. The Morgan fingerprint density at radius 1 is 1.24 bits per heavy atom. The highest BCUT2D eigenvalue weighted by molar-refractivity contribution is 7.07. The van der Waals surface area contributed by atoms with E-state index < -0.39 is 0 Å². The lowest BCUT2D eigenvalue weighted by atomic mass is 10.1. The van der Waals surface area contributed by atoms with Crippen LogP contribution in [0.2, 0.25) is 0 Å². The van der Waals surface area contributed by atoms with E-state index in [0.717, 1.165) is 18.8 Å². The topological polar surface area (TPSA) is 53.6 Å². The molecule has 3 rings (SSSR count). The standard InChI is InChI=1S/C20H28N4S/c1-3-24(4-2)19(17-10-11-25-14-17)13-22-20(21)23-18-9-8-15-6-5-7-16(15)12-18/h8-12,14,19H,3-7,13H2,1-2H3,(H3,21,22,23). The number of benzene rings is 1. The zero-order chi connectivity index (χ0) is 17.6. The number of hydrogen-bond donors (Lipinski definition) is 2. The van der Waals surface area contributed by atoms with Crippen LogP contribution >= 0.6 is 11.3 Å². The van der Waals surface area contributed by atoms with Gasteiger partial charge in [-0.25, -0.2) is 0 Å². The molecule has 134 valence electrons. The molecule has 0 saturated heterocycles. The van der Waals surface area contributed by atoms with Crippen molar-refractivity contribution < 1.29 is 0 Å². The maximum atomic E-state index is 6.16. The number of nitrogens with one attached hydrogen (secondary N) is 1. The zero-order valence-corrected chi connectivity index (χ0v) is 16.0. The molecule has 0 fully saturated rings. The molecule has 1 aromatic carbocycles. The Balaban J connectivity index is 1.68. The van der Waals surface area contributed by atoms with Gasteiger partial charge in [-0.1, -0.05) is 19.9 Å². The van der Waals surface area contributed by atoms with Gasteiger partial charge in [0.1, 0.15) is 0 Å². The van der Waals surface area contributed by atoms with Crippen LogP contribution in [0.1, 0.15) is 43.0 Å². The van der Waals surface area contributed by atoms with Gasteiger partial charge in [0, 0.05) is 5.69 Å². The van der Waals surface area contributed by atoms with Crippen molar-refractivity contribution in [2.45, 2.75) is 39.2 Å². The van der Waals surface area contributed by atoms with Gasteiger partial charge in [0.15, 0.2) is 5.96 Å². The quantitative estimate of drug-likeness (QED) is 0.581. The van der Waals surface area contributed by atoms with Crippen LogP contribution in [0, 0.1) is 0 Å². The average Bonchev–Trinajstić information content (AvgIpc) is 3.29. The van der Waals surface area contributed by atoms with Gasteiger partial charge in [-0.05, 0) is 78.0 Å². The Morgan fingerprint density at radius 2 is 2.04 bits per heavy atom. The molecule has 1 aliphatic rings. The molecule has 4 nitrogen and oxygen atoms in total. The molecule has 0 amide bonds. The van der Waals surface area contributed by atoms with Crippen molar-refractivity contribution in [2.75, 3.05) is 25.0 Å². The molecule has 3 N–H and O–H groups in total. The first-order chi connectivity index (χ1) is 12.2. The largest absolute Gasteiger partial charge is 0.370 e. The number of likely N-dealkylation sites (N-methyl/N-ethyl adjacent to an activating group) is 1. The second kappa shape index (κ2) is 8.50. The predicted octanol–water partition coefficient (Wildman–Crippen LogP) is 4.05. The molecule has 0 spiro atoms. The van der Waals surface area contributed by atoms with Crippen LogP contribution in [0.15, 0.2) is 40.0 Å². The van der Waals surface area contributed by atoms with Gasteiger partial charge in [-0.2, -0.15) is 11.3 Å². The van der Waals surface area contributed by atoms with Gasteiger partial charge < -0.3 is 11.1 Å². The first-order valence-corrected chi connectivity index (χ1v) is 10.1. The summed E-state index contributed by atoms with van der Waals surface area (Å²) in [6, 6.07) is 9.00. The number of nitrogens with zero attached hydrogens (tertiary/aromatic N) is 2. The number of anilines is 1. The van der Waals surface area contributed by atoms with Gasteiger partial charge >= 0.3 is 0 Å². The van der Waals surface area contributed by atoms with Crippen LogP contribution in [-0.4, -0.2) is 30.5 Å². The van der Waals surface area contributed by atoms with Gasteiger partial charge in [-0.15, -0.1) is 0 Å². The number of aryl methyl sites for hydroxylation is 2. The predicted molar refractivity (Wildman–Crippen MR) is 109 cm³/mol. The summed E-state index contributed by atoms with van der Waals surface area (Å²) in [5.41, 5.74) is 11.4. The van der Waals surface area contributed by atoms with Gasteiger partial charge in [0.2, 0.25) is 0 Å². The molecule has 5 heteroatoms. The van der Waals surface area contributed by atoms with E-state index in [0.29, 0.717) is 12.5 Å². The average molecular weight is 357 g/mol. The number of fused-ring (bicyclic) bond motifs is 1. The highest BCUT2D eigenvalue weighted by Crippen LogP contribution is 2.25. The molecule has 1 aromatic heterocycles. The third-order valence-corrected chi connectivity index (χ3v) is 5.69. The summed E-state index contributed by atoms with van der Waals surface area (Å²) in [6.07, 6.45) is 3.63. The Hall–Kier alpha value is -1.85. The van der Waals surface area contributed by atoms with E-state index in [2.05, 4.69) is 64.1 Å². The minimum atomic E-state index is 0.279. The summed E-state index contributed by atoms with van der Waals surface area (Å²) < 4.78 is 0. The van der Waals surface area contributed by atoms with E-state index in [1.54, 1.807) is 11.3 Å². The second-order valence-electron chi connectivity index (χ2n) is 6.48. The van der Waals surface area contributed by atoms with Crippen LogP contribution < -0.4 is 11.1 Å². The summed E-state index contributed by atoms with van der Waals surface area (Å²) >= 11 is 1.73. The van der Waals surface area contributed by atoms with Crippen molar-refractivity contribution in [1.82, 2.24) is 4.90 Å². The molecule has 0 radical (unpaired) electrons. The van der Waals surface area contributed by atoms with E-state index in [1.807, 2.05) is 0 Å². The Morgan fingerprint density at radius 3 is 2.76 bits per heavy atom. The Bertz CT molecular complexity index is 704. The summed E-state index contributed by atoms with van der Waals surface area (Å²) in [5.74, 6) is 0.491. The molecular formula is C20H28N4S. The van der Waals surface area contributed by atoms with E-state index in [4.69, 9.17) is 5.73 Å². The maximum Gasteiger partial charge on any atom is 0.193 e. The number of hydrogen-bond acceptors (Lipinski definition) is 3. The first-order valence-electron chi connectivity index (χ1n) is 9.16. The van der Waals surface area contributed by atoms with Crippen LogP contribution in [0.4, 0.5) is 5.69 Å². The van der Waals surface area contributed by atoms with Crippen LogP contribution in [0.25, 0.3) is 0 Å². The lowest BCUT2D eigenvalue weighted by Gasteiger charge is -2.28. The summed E-state index contributed by atoms with van der Waals surface area (Å²) in [7, 11) is 0. The highest BCUT2D eigenvalue weighted by atomic mass is 32.1. The SMILES string of the molecule is CCN(CC)C(CN=C(N)Nc1ccc2c(c1)CCC2)c1ccsc1. The lowest BCUT2D eigenvalue weighted by molar-refractivity contribution is 0.225. The number of rotatable bonds is 7. The maximum absolute atomic E-state index is 6.16. The molecule has 1 atom stereocenters. The minimum Gasteiger partial charge on any atom is -0.370 e. The number of thiophene rings is 1. The Labute approximate surface area is 154 Å². The van der Waals surface area contributed by atoms with E-state index >= 15 is 0 Å². The summed E-state index contributed by atoms with van der Waals surface area (Å²) in [4.78, 5) is 7.06. The third-order valence-electron chi connectivity index (χ3n) is 4.99. The molecule has 1 unspecified atom stereocenters. The molecule has 0 bridgehead atoms. The van der Waals surface area contributed by atoms with Crippen LogP contribution in [-0.2, 0) is 12.8 Å². The zero-order valence-electron chi connectivity index (χ0n) is 15.2. The number of aliphatic imine (C=N–C) groups is 1. The van der Waals surface area contributed by atoms with E-state index in [1.165, 1.54) is 36.0 Å². The summed E-state index contributed by atoms with van der Waals surface area (Å²) in [6.45, 7) is 7.06. The molecule has 1 aliphatic carbocycles. The smallest absolute Gasteiger partial charge is 0.193 e. The normalized spacial score (nSPS) is 15.4. The fraction of sp³-hybridized carbons (Fsp3) is 0.450. The van der Waals surface area contributed by atoms with Crippen molar-refractivity contribution in [2.24, 2.45) is 10.7 Å². The molecule has 2 aromatic rings. The van der Waals surface area contributed by atoms with E-state index in [-0.39, 0.29) is 6.04 Å². The van der Waals surface area contributed by atoms with Crippen molar-refractivity contribution in [1.29, 1.82) is 0 Å². The minimum absolute atomic E-state index is 0.279. The van der Waals surface area contributed by atoms with Gasteiger partial charge in [0.05, 0.1) is 12.6 Å². The third kappa shape index (κ3) is 4.41. The lowest BCUT2D eigenvalue weighted by Crippen LogP contribution is -2.31. The van der Waals surface area contributed by atoms with Crippen molar-refractivity contribution >= 4 is 23.0 Å². The Kier molecular flexibility index (Phi) is 6.10. The van der Waals surface area contributed by atoms with E-state index in [9.17, 15) is 0 Å². The van der Waals surface area contributed by atoms with Crippen LogP contribution in [0.5, 0.6) is 0 Å². The van der Waals surface area contributed by atoms with Gasteiger partial charge in [0.25, 0.3) is 0 Å². The fourth-order valence-electron chi connectivity index (χ4n) is 3.58. The summed E-state index contributed by atoms with van der Waals surface area (Å²) in [5, 5.41) is 7.60. The van der Waals surface area contributed by atoms with Gasteiger partial charge in [-0.3, -0.25) is 9.89 Å². The molecule has 25 heavy (non-hydrogen) atoms. The number of guanidine groups is 1. The number of nitrogens with two attached hydrogens (primary N) is 1. The first kappa shape index (κ1) is 18.0. The fourth-order valence-corrected chi connectivity index (χ4v) is 4.29.